The van der Waals surface area contributed by atoms with E-state index in [1.54, 1.807) is 7.11 Å². The summed E-state index contributed by atoms with van der Waals surface area (Å²) in [6, 6.07) is 9.47. The molecule has 0 amide bonds. The molecule has 2 rings (SSSR count). The van der Waals surface area contributed by atoms with E-state index >= 15 is 0 Å². The number of nitrogens with one attached hydrogen (secondary N) is 1. The molecule has 0 saturated heterocycles. The second-order valence-electron chi connectivity index (χ2n) is 5.79. The van der Waals surface area contributed by atoms with Crippen LogP contribution in [0.3, 0.4) is 0 Å². The van der Waals surface area contributed by atoms with Gasteiger partial charge in [0.2, 0.25) is 0 Å². The van der Waals surface area contributed by atoms with Crippen molar-refractivity contribution in [1.29, 1.82) is 0 Å². The Bertz CT molecular complexity index is 383. The predicted octanol–water partition coefficient (Wildman–Crippen LogP) is 4.31. The average molecular weight is 261 g/mol. The summed E-state index contributed by atoms with van der Waals surface area (Å²) < 4.78 is 5.30. The van der Waals surface area contributed by atoms with Crippen molar-refractivity contribution in [2.45, 2.75) is 58.0 Å². The summed E-state index contributed by atoms with van der Waals surface area (Å²) in [5.41, 5.74) is 1.32. The summed E-state index contributed by atoms with van der Waals surface area (Å²) in [6.45, 7) is 4.57. The highest BCUT2D eigenvalue weighted by Gasteiger charge is 2.21. The van der Waals surface area contributed by atoms with E-state index in [2.05, 4.69) is 37.4 Å². The van der Waals surface area contributed by atoms with Gasteiger partial charge in [0.05, 0.1) is 7.11 Å². The molecule has 1 fully saturated rings. The zero-order valence-corrected chi connectivity index (χ0v) is 12.5. The standard InChI is InChI=1S/C17H27NO/c1-4-14-8-10-16(11-9-14)18-13(2)15-6-5-7-17(12-15)19-3/h5-7,12-14,16,18H,4,8-11H2,1-3H3/t13-,14?,16?/m1/s1. The van der Waals surface area contributed by atoms with Gasteiger partial charge in [0.15, 0.2) is 0 Å². The van der Waals surface area contributed by atoms with Crippen LogP contribution in [0.15, 0.2) is 24.3 Å². The van der Waals surface area contributed by atoms with Crippen LogP contribution in [-0.4, -0.2) is 13.2 Å². The molecule has 2 nitrogen and oxygen atoms in total. The number of ether oxygens (including phenoxy) is 1. The Morgan fingerprint density at radius 1 is 1.26 bits per heavy atom. The maximum absolute atomic E-state index is 5.30. The molecule has 106 valence electrons. The van der Waals surface area contributed by atoms with Gasteiger partial charge < -0.3 is 10.1 Å². The summed E-state index contributed by atoms with van der Waals surface area (Å²) in [4.78, 5) is 0. The third kappa shape index (κ3) is 3.97. The maximum atomic E-state index is 5.30. The molecule has 0 unspecified atom stereocenters. The van der Waals surface area contributed by atoms with Crippen molar-refractivity contribution in [3.05, 3.63) is 29.8 Å². The Hall–Kier alpha value is -1.02. The lowest BCUT2D eigenvalue weighted by Gasteiger charge is -2.31. The fourth-order valence-corrected chi connectivity index (χ4v) is 3.10. The number of hydrogen-bond donors (Lipinski definition) is 1. The highest BCUT2D eigenvalue weighted by Crippen LogP contribution is 2.28. The molecule has 19 heavy (non-hydrogen) atoms. The van der Waals surface area contributed by atoms with Crippen LogP contribution in [-0.2, 0) is 0 Å². The van der Waals surface area contributed by atoms with Crippen molar-refractivity contribution in [1.82, 2.24) is 5.32 Å². The molecular weight excluding hydrogens is 234 g/mol. The van der Waals surface area contributed by atoms with Crippen LogP contribution in [0.5, 0.6) is 5.75 Å². The number of benzene rings is 1. The number of hydrogen-bond acceptors (Lipinski definition) is 2. The minimum Gasteiger partial charge on any atom is -0.497 e. The van der Waals surface area contributed by atoms with Gasteiger partial charge >= 0.3 is 0 Å². The maximum Gasteiger partial charge on any atom is 0.119 e. The van der Waals surface area contributed by atoms with Crippen molar-refractivity contribution >= 4 is 0 Å². The Labute approximate surface area is 117 Å². The third-order valence-electron chi connectivity index (χ3n) is 4.50. The SMILES string of the molecule is CCC1CCC(N[C@H](C)c2cccc(OC)c2)CC1. The molecule has 2 heteroatoms. The zero-order valence-electron chi connectivity index (χ0n) is 12.5. The zero-order chi connectivity index (χ0) is 13.7. The van der Waals surface area contributed by atoms with E-state index in [0.717, 1.165) is 11.7 Å². The number of methoxy groups -OCH3 is 1. The topological polar surface area (TPSA) is 21.3 Å². The Morgan fingerprint density at radius 3 is 2.63 bits per heavy atom. The quantitative estimate of drug-likeness (QED) is 0.852. The molecule has 0 bridgehead atoms. The van der Waals surface area contributed by atoms with Crippen LogP contribution in [0, 0.1) is 5.92 Å². The molecule has 1 aliphatic rings. The molecule has 0 heterocycles. The second kappa shape index (κ2) is 6.95. The average Bonchev–Trinajstić information content (AvgIpc) is 2.48. The molecule has 0 radical (unpaired) electrons. The van der Waals surface area contributed by atoms with E-state index in [-0.39, 0.29) is 0 Å². The summed E-state index contributed by atoms with van der Waals surface area (Å²) in [5.74, 6) is 1.91. The monoisotopic (exact) mass is 261 g/mol. The van der Waals surface area contributed by atoms with E-state index in [9.17, 15) is 0 Å². The lowest BCUT2D eigenvalue weighted by Crippen LogP contribution is -2.34. The molecule has 1 aliphatic carbocycles. The van der Waals surface area contributed by atoms with E-state index in [1.807, 2.05) is 6.07 Å². The van der Waals surface area contributed by atoms with Crippen LogP contribution < -0.4 is 10.1 Å². The van der Waals surface area contributed by atoms with Crippen molar-refractivity contribution in [2.24, 2.45) is 5.92 Å². The molecule has 1 saturated carbocycles. The van der Waals surface area contributed by atoms with Crippen molar-refractivity contribution in [3.63, 3.8) is 0 Å². The first-order valence-corrected chi connectivity index (χ1v) is 7.63. The smallest absolute Gasteiger partial charge is 0.119 e. The molecule has 1 aromatic carbocycles. The van der Waals surface area contributed by atoms with E-state index < -0.39 is 0 Å². The lowest BCUT2D eigenvalue weighted by molar-refractivity contribution is 0.273. The molecular formula is C17H27NO. The Kier molecular flexibility index (Phi) is 5.26. The molecule has 1 atom stereocenters. The summed E-state index contributed by atoms with van der Waals surface area (Å²) in [6.07, 6.45) is 6.77. The number of rotatable bonds is 5. The minimum atomic E-state index is 0.401. The normalized spacial score (nSPS) is 25.0. The Balaban J connectivity index is 1.88. The molecule has 0 aromatic heterocycles. The van der Waals surface area contributed by atoms with Crippen LogP contribution in [0.2, 0.25) is 0 Å². The van der Waals surface area contributed by atoms with Gasteiger partial charge in [0, 0.05) is 12.1 Å². The highest BCUT2D eigenvalue weighted by molar-refractivity contribution is 5.30. The van der Waals surface area contributed by atoms with E-state index in [4.69, 9.17) is 4.74 Å². The van der Waals surface area contributed by atoms with Crippen LogP contribution in [0.1, 0.15) is 57.6 Å². The third-order valence-corrected chi connectivity index (χ3v) is 4.50. The minimum absolute atomic E-state index is 0.401. The lowest BCUT2D eigenvalue weighted by atomic mass is 9.84. The molecule has 1 N–H and O–H groups in total. The van der Waals surface area contributed by atoms with Crippen LogP contribution in [0.25, 0.3) is 0 Å². The summed E-state index contributed by atoms with van der Waals surface area (Å²) in [7, 11) is 1.73. The van der Waals surface area contributed by atoms with Crippen LogP contribution in [0.4, 0.5) is 0 Å². The first-order valence-electron chi connectivity index (χ1n) is 7.63. The highest BCUT2D eigenvalue weighted by atomic mass is 16.5. The summed E-state index contributed by atoms with van der Waals surface area (Å²) >= 11 is 0. The van der Waals surface area contributed by atoms with Gasteiger partial charge in [0.1, 0.15) is 5.75 Å². The first kappa shape index (κ1) is 14.4. The molecule has 0 spiro atoms. The Morgan fingerprint density at radius 2 is 2.00 bits per heavy atom. The van der Waals surface area contributed by atoms with Crippen molar-refractivity contribution in [3.8, 4) is 5.75 Å². The van der Waals surface area contributed by atoms with Crippen molar-refractivity contribution in [2.75, 3.05) is 7.11 Å². The first-order chi connectivity index (χ1) is 9.22. The second-order valence-corrected chi connectivity index (χ2v) is 5.79. The van der Waals surface area contributed by atoms with E-state index in [0.29, 0.717) is 12.1 Å². The van der Waals surface area contributed by atoms with Gasteiger partial charge in [-0.3, -0.25) is 0 Å². The van der Waals surface area contributed by atoms with Gasteiger partial charge in [-0.25, -0.2) is 0 Å². The van der Waals surface area contributed by atoms with E-state index in [1.165, 1.54) is 37.7 Å². The molecule has 0 aliphatic heterocycles. The summed E-state index contributed by atoms with van der Waals surface area (Å²) in [5, 5.41) is 3.78. The predicted molar refractivity (Wildman–Crippen MR) is 80.6 cm³/mol. The fraction of sp³-hybridized carbons (Fsp3) is 0.647. The largest absolute Gasteiger partial charge is 0.497 e. The van der Waals surface area contributed by atoms with Crippen LogP contribution >= 0.6 is 0 Å². The van der Waals surface area contributed by atoms with Gasteiger partial charge in [-0.05, 0) is 56.2 Å². The van der Waals surface area contributed by atoms with Gasteiger partial charge in [0.25, 0.3) is 0 Å². The van der Waals surface area contributed by atoms with Gasteiger partial charge in [-0.1, -0.05) is 25.5 Å². The van der Waals surface area contributed by atoms with Crippen molar-refractivity contribution < 1.29 is 4.74 Å². The van der Waals surface area contributed by atoms with Gasteiger partial charge in [-0.15, -0.1) is 0 Å². The molecule has 1 aromatic rings. The van der Waals surface area contributed by atoms with Gasteiger partial charge in [-0.2, -0.15) is 0 Å². The fourth-order valence-electron chi connectivity index (χ4n) is 3.10.